The summed E-state index contributed by atoms with van der Waals surface area (Å²) in [6.07, 6.45) is 0.116. The van der Waals surface area contributed by atoms with E-state index in [0.717, 1.165) is 34.6 Å². The molecule has 202 valence electrons. The minimum absolute atomic E-state index is 0.116. The lowest BCUT2D eigenvalue weighted by Gasteiger charge is -2.27. The zero-order valence-corrected chi connectivity index (χ0v) is 22.4. The van der Waals surface area contributed by atoms with Gasteiger partial charge < -0.3 is 10.2 Å². The van der Waals surface area contributed by atoms with Crippen LogP contribution in [0, 0.1) is 11.7 Å². The second kappa shape index (κ2) is 12.3. The molecule has 0 saturated heterocycles. The van der Waals surface area contributed by atoms with E-state index in [2.05, 4.69) is 56.8 Å². The number of anilines is 2. The zero-order valence-electron chi connectivity index (χ0n) is 22.4. The van der Waals surface area contributed by atoms with Crippen molar-refractivity contribution in [2.45, 2.75) is 26.8 Å². The number of aromatic nitrogens is 5. The van der Waals surface area contributed by atoms with Crippen molar-refractivity contribution in [3.8, 4) is 22.6 Å². The maximum atomic E-state index is 13.3. The van der Waals surface area contributed by atoms with Crippen LogP contribution in [0.25, 0.3) is 22.6 Å². The molecule has 0 bridgehead atoms. The van der Waals surface area contributed by atoms with E-state index < -0.39 is 0 Å². The average molecular weight is 536 g/mol. The summed E-state index contributed by atoms with van der Waals surface area (Å²) in [6, 6.07) is 27.6. The van der Waals surface area contributed by atoms with Gasteiger partial charge in [0.05, 0.1) is 12.1 Å². The number of nitrogens with one attached hydrogen (secondary N) is 2. The van der Waals surface area contributed by atoms with E-state index in [1.54, 1.807) is 12.1 Å². The molecule has 0 radical (unpaired) electrons. The Labute approximate surface area is 232 Å². The van der Waals surface area contributed by atoms with E-state index in [9.17, 15) is 9.18 Å². The van der Waals surface area contributed by atoms with Crippen molar-refractivity contribution >= 4 is 17.4 Å². The zero-order chi connectivity index (χ0) is 27.9. The van der Waals surface area contributed by atoms with Crippen molar-refractivity contribution < 1.29 is 9.18 Å². The number of tetrazole rings is 1. The number of carbonyl (C=O) groups excluding carboxylic acids is 1. The summed E-state index contributed by atoms with van der Waals surface area (Å²) >= 11 is 0. The number of benzene rings is 3. The fraction of sp³-hybridized carbons (Fsp3) is 0.194. The van der Waals surface area contributed by atoms with Crippen molar-refractivity contribution in [3.63, 3.8) is 0 Å². The number of carbonyl (C=O) groups is 1. The Bertz CT molecular complexity index is 1550. The molecule has 0 aliphatic rings. The first-order valence-corrected chi connectivity index (χ1v) is 13.1. The highest BCUT2D eigenvalue weighted by Crippen LogP contribution is 2.31. The number of aromatic amines is 1. The molecule has 2 heterocycles. The first-order chi connectivity index (χ1) is 19.4. The lowest BCUT2D eigenvalue weighted by atomic mass is 10.0. The van der Waals surface area contributed by atoms with E-state index in [1.165, 1.54) is 12.1 Å². The molecule has 0 unspecified atom stereocenters. The molecule has 0 atom stereocenters. The summed E-state index contributed by atoms with van der Waals surface area (Å²) in [5.74, 6) is 1.04. The Balaban J connectivity index is 1.55. The Morgan fingerprint density at radius 1 is 0.925 bits per heavy atom. The van der Waals surface area contributed by atoms with Crippen LogP contribution in [-0.2, 0) is 17.8 Å². The molecule has 0 spiro atoms. The first kappa shape index (κ1) is 26.7. The molecule has 5 aromatic rings. The SMILES string of the molecule is CC(C)CN(Cc1ccccc1)c1cc(CC(=O)Nc2ccc(F)cc2)cc(-c2ccccc2-c2nn[nH]n2)n1. The molecule has 0 saturated carbocycles. The van der Waals surface area contributed by atoms with Crippen LogP contribution >= 0.6 is 0 Å². The van der Waals surface area contributed by atoms with E-state index in [4.69, 9.17) is 4.98 Å². The van der Waals surface area contributed by atoms with Gasteiger partial charge in [0, 0.05) is 29.9 Å². The summed E-state index contributed by atoms with van der Waals surface area (Å²) in [6.45, 7) is 5.79. The molecule has 9 heteroatoms. The number of pyridine rings is 1. The quantitative estimate of drug-likeness (QED) is 0.231. The molecule has 40 heavy (non-hydrogen) atoms. The third-order valence-electron chi connectivity index (χ3n) is 6.28. The van der Waals surface area contributed by atoms with Crippen molar-refractivity contribution in [1.82, 2.24) is 25.6 Å². The first-order valence-electron chi connectivity index (χ1n) is 13.1. The smallest absolute Gasteiger partial charge is 0.228 e. The lowest BCUT2D eigenvalue weighted by molar-refractivity contribution is -0.115. The van der Waals surface area contributed by atoms with Crippen LogP contribution in [0.2, 0.25) is 0 Å². The van der Waals surface area contributed by atoms with Crippen molar-refractivity contribution in [3.05, 3.63) is 108 Å². The van der Waals surface area contributed by atoms with Gasteiger partial charge in [-0.2, -0.15) is 5.21 Å². The van der Waals surface area contributed by atoms with Crippen LogP contribution in [0.1, 0.15) is 25.0 Å². The topological polar surface area (TPSA) is 99.7 Å². The number of hydrogen-bond acceptors (Lipinski definition) is 6. The normalized spacial score (nSPS) is 11.0. The van der Waals surface area contributed by atoms with Gasteiger partial charge in [0.15, 0.2) is 0 Å². The van der Waals surface area contributed by atoms with Crippen LogP contribution in [0.3, 0.4) is 0 Å². The van der Waals surface area contributed by atoms with Gasteiger partial charge in [0.25, 0.3) is 0 Å². The Kier molecular flexibility index (Phi) is 8.20. The number of hydrogen-bond donors (Lipinski definition) is 2. The van der Waals surface area contributed by atoms with Gasteiger partial charge in [-0.1, -0.05) is 68.4 Å². The van der Waals surface area contributed by atoms with Gasteiger partial charge in [0.1, 0.15) is 11.6 Å². The van der Waals surface area contributed by atoms with Crippen LogP contribution in [0.5, 0.6) is 0 Å². The lowest BCUT2D eigenvalue weighted by Crippen LogP contribution is -2.28. The van der Waals surface area contributed by atoms with E-state index >= 15 is 0 Å². The van der Waals surface area contributed by atoms with Gasteiger partial charge in [-0.3, -0.25) is 4.79 Å². The summed E-state index contributed by atoms with van der Waals surface area (Å²) in [5, 5.41) is 17.4. The minimum atomic E-state index is -0.356. The van der Waals surface area contributed by atoms with Gasteiger partial charge >= 0.3 is 0 Å². The standard InChI is InChI=1S/C31H30FN7O/c1-21(2)19-39(20-22-8-4-3-5-9-22)29-17-23(18-30(40)33-25-14-12-24(32)13-15-25)16-28(34-29)26-10-6-7-11-27(26)31-35-37-38-36-31/h3-17,21H,18-20H2,1-2H3,(H,33,40)(H,35,36,37,38). The van der Waals surface area contributed by atoms with Gasteiger partial charge in [0.2, 0.25) is 11.7 Å². The maximum Gasteiger partial charge on any atom is 0.228 e. The summed E-state index contributed by atoms with van der Waals surface area (Å²) in [4.78, 5) is 20.4. The fourth-order valence-electron chi connectivity index (χ4n) is 4.56. The number of H-pyrrole nitrogens is 1. The molecule has 5 rings (SSSR count). The van der Waals surface area contributed by atoms with Crippen LogP contribution in [0.15, 0.2) is 91.0 Å². The Hall–Kier alpha value is -4.92. The largest absolute Gasteiger partial charge is 0.352 e. The Morgan fingerprint density at radius 3 is 2.35 bits per heavy atom. The molecule has 3 aromatic carbocycles. The molecule has 8 nitrogen and oxygen atoms in total. The highest BCUT2D eigenvalue weighted by molar-refractivity contribution is 5.92. The van der Waals surface area contributed by atoms with Crippen molar-refractivity contribution in [1.29, 1.82) is 0 Å². The van der Waals surface area contributed by atoms with Gasteiger partial charge in [-0.25, -0.2) is 9.37 Å². The van der Waals surface area contributed by atoms with Crippen LogP contribution in [-0.4, -0.2) is 38.1 Å². The third-order valence-corrected chi connectivity index (χ3v) is 6.28. The average Bonchev–Trinajstić information content (AvgIpc) is 3.49. The maximum absolute atomic E-state index is 13.3. The highest BCUT2D eigenvalue weighted by atomic mass is 19.1. The van der Waals surface area contributed by atoms with Crippen molar-refractivity contribution in [2.24, 2.45) is 5.92 Å². The molecule has 0 aliphatic carbocycles. The predicted octanol–water partition coefficient (Wildman–Crippen LogP) is 5.91. The highest BCUT2D eigenvalue weighted by Gasteiger charge is 2.18. The summed E-state index contributed by atoms with van der Waals surface area (Å²) < 4.78 is 13.3. The monoisotopic (exact) mass is 535 g/mol. The van der Waals surface area contributed by atoms with Crippen LogP contribution < -0.4 is 10.2 Å². The molecule has 0 fully saturated rings. The second-order valence-electron chi connectivity index (χ2n) is 9.99. The summed E-state index contributed by atoms with van der Waals surface area (Å²) in [5.41, 5.74) is 4.80. The number of halogens is 1. The van der Waals surface area contributed by atoms with Gasteiger partial charge in [-0.05, 0) is 58.7 Å². The molecule has 2 aromatic heterocycles. The fourth-order valence-corrected chi connectivity index (χ4v) is 4.56. The van der Waals surface area contributed by atoms with Crippen molar-refractivity contribution in [2.75, 3.05) is 16.8 Å². The molecule has 0 aliphatic heterocycles. The predicted molar refractivity (Wildman–Crippen MR) is 154 cm³/mol. The van der Waals surface area contributed by atoms with Crippen LogP contribution in [0.4, 0.5) is 15.9 Å². The third kappa shape index (κ3) is 6.74. The number of rotatable bonds is 10. The van der Waals surface area contributed by atoms with E-state index in [0.29, 0.717) is 29.7 Å². The molecule has 1 amide bonds. The molecular formula is C31H30FN7O. The molecule has 2 N–H and O–H groups in total. The second-order valence-corrected chi connectivity index (χ2v) is 9.99. The number of amides is 1. The minimum Gasteiger partial charge on any atom is -0.352 e. The number of nitrogens with zero attached hydrogens (tertiary/aromatic N) is 5. The van der Waals surface area contributed by atoms with E-state index in [-0.39, 0.29) is 18.1 Å². The summed E-state index contributed by atoms with van der Waals surface area (Å²) in [7, 11) is 0. The Morgan fingerprint density at radius 2 is 1.65 bits per heavy atom. The van der Waals surface area contributed by atoms with E-state index in [1.807, 2.05) is 54.6 Å². The molecular weight excluding hydrogens is 505 g/mol. The van der Waals surface area contributed by atoms with Gasteiger partial charge in [-0.15, -0.1) is 10.2 Å².